The van der Waals surface area contributed by atoms with Gasteiger partial charge in [-0.2, -0.15) is 0 Å². The third kappa shape index (κ3) is 5.02. The van der Waals surface area contributed by atoms with E-state index < -0.39 is 6.10 Å². The van der Waals surface area contributed by atoms with E-state index in [1.54, 1.807) is 11.9 Å². The topological polar surface area (TPSA) is 56.2 Å². The van der Waals surface area contributed by atoms with Crippen LogP contribution in [-0.2, 0) is 17.6 Å². The molecule has 2 aliphatic heterocycles. The SMILES string of the molecule is CCc1ccc(N2CCN(CC(O)COc3cccc4c3CCC(=O)N4C)CC2)cc1. The first kappa shape index (κ1) is 21.7. The lowest BCUT2D eigenvalue weighted by Crippen LogP contribution is -2.49. The van der Waals surface area contributed by atoms with E-state index in [4.69, 9.17) is 4.74 Å². The van der Waals surface area contributed by atoms with Gasteiger partial charge in [0.05, 0.1) is 5.69 Å². The predicted octanol–water partition coefficient (Wildman–Crippen LogP) is 2.72. The van der Waals surface area contributed by atoms with Crippen LogP contribution < -0.4 is 14.5 Å². The number of aliphatic hydroxyl groups is 1. The molecule has 2 heterocycles. The van der Waals surface area contributed by atoms with E-state index >= 15 is 0 Å². The molecule has 2 aromatic carbocycles. The molecule has 6 nitrogen and oxygen atoms in total. The summed E-state index contributed by atoms with van der Waals surface area (Å²) in [6.45, 7) is 6.83. The second kappa shape index (κ2) is 9.71. The van der Waals surface area contributed by atoms with Crippen LogP contribution >= 0.6 is 0 Å². The average molecular weight is 424 g/mol. The van der Waals surface area contributed by atoms with E-state index in [-0.39, 0.29) is 12.5 Å². The summed E-state index contributed by atoms with van der Waals surface area (Å²) in [6, 6.07) is 14.6. The Morgan fingerprint density at radius 3 is 2.48 bits per heavy atom. The first-order chi connectivity index (χ1) is 15.0. The Bertz CT molecular complexity index is 891. The third-order valence-electron chi connectivity index (χ3n) is 6.41. The van der Waals surface area contributed by atoms with Crippen molar-refractivity contribution in [3.63, 3.8) is 0 Å². The minimum Gasteiger partial charge on any atom is -0.490 e. The zero-order chi connectivity index (χ0) is 21.8. The average Bonchev–Trinajstić information content (AvgIpc) is 2.81. The van der Waals surface area contributed by atoms with Crippen molar-refractivity contribution in [1.29, 1.82) is 0 Å². The number of aliphatic hydroxyl groups excluding tert-OH is 1. The Morgan fingerprint density at radius 1 is 1.03 bits per heavy atom. The van der Waals surface area contributed by atoms with Gasteiger partial charge >= 0.3 is 0 Å². The predicted molar refractivity (Wildman–Crippen MR) is 124 cm³/mol. The maximum atomic E-state index is 11.9. The number of nitrogens with zero attached hydrogens (tertiary/aromatic N) is 3. The summed E-state index contributed by atoms with van der Waals surface area (Å²) in [7, 11) is 1.80. The normalized spacial score (nSPS) is 18.1. The summed E-state index contributed by atoms with van der Waals surface area (Å²) in [6.07, 6.45) is 1.70. The van der Waals surface area contributed by atoms with E-state index in [1.807, 2.05) is 18.2 Å². The van der Waals surface area contributed by atoms with Gasteiger partial charge in [0.1, 0.15) is 18.5 Å². The lowest BCUT2D eigenvalue weighted by atomic mass is 10.0. The molecule has 0 aromatic heterocycles. The molecule has 2 aromatic rings. The summed E-state index contributed by atoms with van der Waals surface area (Å²) in [5, 5.41) is 10.6. The number of hydrogen-bond acceptors (Lipinski definition) is 5. The monoisotopic (exact) mass is 423 g/mol. The van der Waals surface area contributed by atoms with Crippen LogP contribution in [0.1, 0.15) is 24.5 Å². The number of β-amino-alcohol motifs (C(OH)–C–C–N with tert-alkyl or cyclic N) is 1. The van der Waals surface area contributed by atoms with Gasteiger partial charge in [-0.15, -0.1) is 0 Å². The molecule has 166 valence electrons. The standard InChI is InChI=1S/C25H33N3O3/c1-3-19-7-9-20(10-8-19)28-15-13-27(14-16-28)17-21(29)18-31-24-6-4-5-23-22(24)11-12-25(30)26(23)2/h4-10,21,29H,3,11-18H2,1-2H3. The third-order valence-corrected chi connectivity index (χ3v) is 6.41. The largest absolute Gasteiger partial charge is 0.490 e. The molecule has 1 fully saturated rings. The van der Waals surface area contributed by atoms with Crippen LogP contribution in [0.25, 0.3) is 0 Å². The van der Waals surface area contributed by atoms with Crippen LogP contribution in [0.4, 0.5) is 11.4 Å². The first-order valence-corrected chi connectivity index (χ1v) is 11.3. The van der Waals surface area contributed by atoms with Crippen LogP contribution in [0.15, 0.2) is 42.5 Å². The first-order valence-electron chi connectivity index (χ1n) is 11.3. The van der Waals surface area contributed by atoms with Crippen molar-refractivity contribution < 1.29 is 14.6 Å². The molecule has 6 heteroatoms. The highest BCUT2D eigenvalue weighted by Crippen LogP contribution is 2.34. The minimum absolute atomic E-state index is 0.130. The highest BCUT2D eigenvalue weighted by atomic mass is 16.5. The van der Waals surface area contributed by atoms with Gasteiger partial charge in [-0.05, 0) is 42.7 Å². The van der Waals surface area contributed by atoms with Crippen LogP contribution in [-0.4, -0.2) is 68.4 Å². The molecule has 0 aliphatic carbocycles. The van der Waals surface area contributed by atoms with Gasteiger partial charge in [-0.1, -0.05) is 25.1 Å². The van der Waals surface area contributed by atoms with Crippen molar-refractivity contribution in [2.24, 2.45) is 0 Å². The van der Waals surface area contributed by atoms with E-state index in [0.717, 1.165) is 49.6 Å². The second-order valence-corrected chi connectivity index (χ2v) is 8.48. The molecule has 0 saturated carbocycles. The summed E-state index contributed by atoms with van der Waals surface area (Å²) in [4.78, 5) is 18.3. The summed E-state index contributed by atoms with van der Waals surface area (Å²) < 4.78 is 5.98. The number of piperazine rings is 1. The molecular formula is C25H33N3O3. The molecule has 1 unspecified atom stereocenters. The van der Waals surface area contributed by atoms with Gasteiger partial charge in [-0.25, -0.2) is 0 Å². The number of hydrogen-bond donors (Lipinski definition) is 1. The van der Waals surface area contributed by atoms with Crippen molar-refractivity contribution in [3.05, 3.63) is 53.6 Å². The van der Waals surface area contributed by atoms with Crippen LogP contribution in [0.5, 0.6) is 5.75 Å². The Balaban J connectivity index is 1.26. The van der Waals surface area contributed by atoms with E-state index in [1.165, 1.54) is 11.3 Å². The lowest BCUT2D eigenvalue weighted by molar-refractivity contribution is -0.118. The molecule has 1 amide bonds. The van der Waals surface area contributed by atoms with Crippen LogP contribution in [0, 0.1) is 0 Å². The highest BCUT2D eigenvalue weighted by Gasteiger charge is 2.24. The smallest absolute Gasteiger partial charge is 0.227 e. The van der Waals surface area contributed by atoms with Gasteiger partial charge in [0, 0.05) is 57.4 Å². The van der Waals surface area contributed by atoms with E-state index in [2.05, 4.69) is 41.0 Å². The van der Waals surface area contributed by atoms with Crippen molar-refractivity contribution in [3.8, 4) is 5.75 Å². The Morgan fingerprint density at radius 2 is 1.77 bits per heavy atom. The Labute approximate surface area is 185 Å². The maximum absolute atomic E-state index is 11.9. The van der Waals surface area contributed by atoms with Gasteiger partial charge in [0.25, 0.3) is 0 Å². The number of carbonyl (C=O) groups is 1. The number of fused-ring (bicyclic) bond motifs is 1. The maximum Gasteiger partial charge on any atom is 0.227 e. The number of benzene rings is 2. The fourth-order valence-electron chi connectivity index (χ4n) is 4.46. The summed E-state index contributed by atoms with van der Waals surface area (Å²) in [5.41, 5.74) is 4.60. The Kier molecular flexibility index (Phi) is 6.78. The van der Waals surface area contributed by atoms with Gasteiger partial charge in [-0.3, -0.25) is 9.69 Å². The van der Waals surface area contributed by atoms with Crippen LogP contribution in [0.3, 0.4) is 0 Å². The quantitative estimate of drug-likeness (QED) is 0.742. The lowest BCUT2D eigenvalue weighted by Gasteiger charge is -2.37. The Hall–Kier alpha value is -2.57. The fourth-order valence-corrected chi connectivity index (χ4v) is 4.46. The van der Waals surface area contributed by atoms with Crippen molar-refractivity contribution in [2.75, 3.05) is 56.2 Å². The second-order valence-electron chi connectivity index (χ2n) is 8.48. The van der Waals surface area contributed by atoms with Gasteiger partial charge < -0.3 is 19.6 Å². The zero-order valence-corrected chi connectivity index (χ0v) is 18.6. The van der Waals surface area contributed by atoms with Crippen molar-refractivity contribution in [1.82, 2.24) is 4.90 Å². The fraction of sp³-hybridized carbons (Fsp3) is 0.480. The van der Waals surface area contributed by atoms with Crippen molar-refractivity contribution >= 4 is 17.3 Å². The number of aryl methyl sites for hydroxylation is 1. The number of carbonyl (C=O) groups excluding carboxylic acids is 1. The molecule has 1 atom stereocenters. The van der Waals surface area contributed by atoms with Gasteiger partial charge in [0.2, 0.25) is 5.91 Å². The molecular weight excluding hydrogens is 390 g/mol. The summed E-state index contributed by atoms with van der Waals surface area (Å²) in [5.74, 6) is 0.904. The molecule has 0 radical (unpaired) electrons. The number of amides is 1. The minimum atomic E-state index is -0.547. The summed E-state index contributed by atoms with van der Waals surface area (Å²) >= 11 is 0. The van der Waals surface area contributed by atoms with E-state index in [0.29, 0.717) is 19.4 Å². The number of anilines is 2. The van der Waals surface area contributed by atoms with Crippen molar-refractivity contribution in [2.45, 2.75) is 32.3 Å². The molecule has 0 bridgehead atoms. The van der Waals surface area contributed by atoms with Gasteiger partial charge in [0.15, 0.2) is 0 Å². The molecule has 4 rings (SSSR count). The zero-order valence-electron chi connectivity index (χ0n) is 18.6. The molecule has 31 heavy (non-hydrogen) atoms. The molecule has 1 saturated heterocycles. The van der Waals surface area contributed by atoms with Crippen LogP contribution in [0.2, 0.25) is 0 Å². The number of ether oxygens (including phenoxy) is 1. The molecule has 0 spiro atoms. The molecule has 1 N–H and O–H groups in total. The highest BCUT2D eigenvalue weighted by molar-refractivity contribution is 5.96. The van der Waals surface area contributed by atoms with E-state index in [9.17, 15) is 9.90 Å². The number of rotatable bonds is 7. The molecule has 2 aliphatic rings.